The molecule has 19 heavy (non-hydrogen) atoms. The molecule has 1 rings (SSSR count). The highest BCUT2D eigenvalue weighted by Gasteiger charge is 2.18. The summed E-state index contributed by atoms with van der Waals surface area (Å²) in [6.07, 6.45) is 0. The van der Waals surface area contributed by atoms with Crippen LogP contribution in [0.25, 0.3) is 0 Å². The van der Waals surface area contributed by atoms with E-state index in [4.69, 9.17) is 5.11 Å². The highest BCUT2D eigenvalue weighted by atomic mass is 32.2. The van der Waals surface area contributed by atoms with Crippen LogP contribution in [0.15, 0.2) is 12.1 Å². The summed E-state index contributed by atoms with van der Waals surface area (Å²) in [5.74, 6) is -6.29. The SMILES string of the molecule is O=C(O)CSCCNC(=O)c1ccc(F)c(F)c1F. The average molecular weight is 293 g/mol. The van der Waals surface area contributed by atoms with Crippen LogP contribution in [0.2, 0.25) is 0 Å². The fraction of sp³-hybridized carbons (Fsp3) is 0.273. The zero-order valence-corrected chi connectivity index (χ0v) is 10.4. The molecule has 0 aromatic heterocycles. The Morgan fingerprint density at radius 1 is 1.21 bits per heavy atom. The minimum Gasteiger partial charge on any atom is -0.481 e. The van der Waals surface area contributed by atoms with Crippen LogP contribution in [0.1, 0.15) is 10.4 Å². The largest absolute Gasteiger partial charge is 0.481 e. The van der Waals surface area contributed by atoms with Gasteiger partial charge in [0.2, 0.25) is 0 Å². The maximum atomic E-state index is 13.2. The number of amides is 1. The third-order valence-electron chi connectivity index (χ3n) is 2.04. The van der Waals surface area contributed by atoms with E-state index in [1.54, 1.807) is 0 Å². The molecule has 2 N–H and O–H groups in total. The number of thioether (sulfide) groups is 1. The minimum absolute atomic E-state index is 0.0925. The molecule has 4 nitrogen and oxygen atoms in total. The third-order valence-corrected chi connectivity index (χ3v) is 2.98. The molecule has 0 unspecified atom stereocenters. The molecule has 1 amide bonds. The summed E-state index contributed by atoms with van der Waals surface area (Å²) in [4.78, 5) is 21.7. The number of rotatable bonds is 6. The molecule has 0 bridgehead atoms. The predicted octanol–water partition coefficient (Wildman–Crippen LogP) is 1.65. The molecule has 104 valence electrons. The number of carboxylic acids is 1. The molecule has 0 spiro atoms. The first-order chi connectivity index (χ1) is 8.93. The number of carbonyl (C=O) groups is 2. The molecule has 8 heteroatoms. The molecule has 0 atom stereocenters. The molecule has 0 saturated heterocycles. The van der Waals surface area contributed by atoms with Crippen LogP contribution in [0, 0.1) is 17.5 Å². The summed E-state index contributed by atoms with van der Waals surface area (Å²) in [6, 6.07) is 1.50. The molecule has 0 aliphatic carbocycles. The van der Waals surface area contributed by atoms with Gasteiger partial charge in [-0.3, -0.25) is 9.59 Å². The number of carbonyl (C=O) groups excluding carboxylic acids is 1. The quantitative estimate of drug-likeness (QED) is 0.618. The van der Waals surface area contributed by atoms with Crippen molar-refractivity contribution in [3.8, 4) is 0 Å². The van der Waals surface area contributed by atoms with Crippen LogP contribution >= 0.6 is 11.8 Å². The zero-order chi connectivity index (χ0) is 14.4. The lowest BCUT2D eigenvalue weighted by Crippen LogP contribution is -2.27. The molecule has 0 aliphatic rings. The molecular weight excluding hydrogens is 283 g/mol. The number of benzene rings is 1. The van der Waals surface area contributed by atoms with E-state index >= 15 is 0 Å². The van der Waals surface area contributed by atoms with Crippen molar-refractivity contribution < 1.29 is 27.9 Å². The van der Waals surface area contributed by atoms with E-state index < -0.39 is 34.9 Å². The molecular formula is C11H10F3NO3S. The number of halogens is 3. The smallest absolute Gasteiger partial charge is 0.313 e. The number of aliphatic carboxylic acids is 1. The van der Waals surface area contributed by atoms with Gasteiger partial charge in [-0.15, -0.1) is 11.8 Å². The molecule has 0 saturated carbocycles. The lowest BCUT2D eigenvalue weighted by atomic mass is 10.2. The first-order valence-electron chi connectivity index (χ1n) is 5.14. The van der Waals surface area contributed by atoms with Gasteiger partial charge in [-0.2, -0.15) is 0 Å². The fourth-order valence-corrected chi connectivity index (χ4v) is 1.76. The second kappa shape index (κ2) is 7.03. The minimum atomic E-state index is -1.70. The van der Waals surface area contributed by atoms with Gasteiger partial charge in [0.1, 0.15) is 0 Å². The fourth-order valence-electron chi connectivity index (χ4n) is 1.19. The summed E-state index contributed by atoms with van der Waals surface area (Å²) in [7, 11) is 0. The maximum Gasteiger partial charge on any atom is 0.313 e. The van der Waals surface area contributed by atoms with Gasteiger partial charge in [0.15, 0.2) is 17.5 Å². The van der Waals surface area contributed by atoms with Gasteiger partial charge in [-0.1, -0.05) is 0 Å². The Morgan fingerprint density at radius 3 is 2.53 bits per heavy atom. The lowest BCUT2D eigenvalue weighted by molar-refractivity contribution is -0.133. The van der Waals surface area contributed by atoms with E-state index in [9.17, 15) is 22.8 Å². The monoisotopic (exact) mass is 293 g/mol. The van der Waals surface area contributed by atoms with Crippen LogP contribution in [-0.4, -0.2) is 35.0 Å². The van der Waals surface area contributed by atoms with Crippen molar-refractivity contribution in [1.82, 2.24) is 5.32 Å². The Labute approximate surface area is 111 Å². The lowest BCUT2D eigenvalue weighted by Gasteiger charge is -2.06. The van der Waals surface area contributed by atoms with E-state index in [0.29, 0.717) is 11.8 Å². The molecule has 0 heterocycles. The Balaban J connectivity index is 2.50. The molecule has 1 aromatic rings. The predicted molar refractivity (Wildman–Crippen MR) is 63.6 cm³/mol. The maximum absolute atomic E-state index is 13.2. The van der Waals surface area contributed by atoms with Crippen molar-refractivity contribution in [2.24, 2.45) is 0 Å². The van der Waals surface area contributed by atoms with Gasteiger partial charge >= 0.3 is 5.97 Å². The Bertz CT molecular complexity index is 496. The third kappa shape index (κ3) is 4.47. The summed E-state index contributed by atoms with van der Waals surface area (Å²) in [5, 5.41) is 10.6. The second-order valence-corrected chi connectivity index (χ2v) is 4.53. The van der Waals surface area contributed by atoms with Crippen LogP contribution in [-0.2, 0) is 4.79 Å². The van der Waals surface area contributed by atoms with E-state index in [1.807, 2.05) is 0 Å². The van der Waals surface area contributed by atoms with Gasteiger partial charge < -0.3 is 10.4 Å². The molecule has 0 aliphatic heterocycles. The van der Waals surface area contributed by atoms with Crippen molar-refractivity contribution in [2.45, 2.75) is 0 Å². The topological polar surface area (TPSA) is 66.4 Å². The summed E-state index contributed by atoms with van der Waals surface area (Å²) in [5.41, 5.74) is -0.595. The molecule has 0 radical (unpaired) electrons. The van der Waals surface area contributed by atoms with Gasteiger partial charge in [0.25, 0.3) is 5.91 Å². The van der Waals surface area contributed by atoms with E-state index in [2.05, 4.69) is 5.32 Å². The van der Waals surface area contributed by atoms with E-state index in [-0.39, 0.29) is 12.3 Å². The average Bonchev–Trinajstić information content (AvgIpc) is 2.35. The van der Waals surface area contributed by atoms with Crippen molar-refractivity contribution >= 4 is 23.6 Å². The Kier molecular flexibility index (Phi) is 5.68. The second-order valence-electron chi connectivity index (χ2n) is 3.43. The highest BCUT2D eigenvalue weighted by molar-refractivity contribution is 7.99. The Morgan fingerprint density at radius 2 is 1.89 bits per heavy atom. The molecule has 1 aromatic carbocycles. The van der Waals surface area contributed by atoms with Crippen LogP contribution in [0.5, 0.6) is 0 Å². The first-order valence-corrected chi connectivity index (χ1v) is 6.30. The van der Waals surface area contributed by atoms with E-state index in [1.165, 1.54) is 0 Å². The van der Waals surface area contributed by atoms with Crippen LogP contribution < -0.4 is 5.32 Å². The summed E-state index contributed by atoms with van der Waals surface area (Å²) < 4.78 is 38.8. The van der Waals surface area contributed by atoms with Crippen molar-refractivity contribution in [3.05, 3.63) is 35.1 Å². The van der Waals surface area contributed by atoms with Gasteiger partial charge in [-0.05, 0) is 12.1 Å². The van der Waals surface area contributed by atoms with Crippen molar-refractivity contribution in [1.29, 1.82) is 0 Å². The Hall–Kier alpha value is -1.70. The summed E-state index contributed by atoms with van der Waals surface area (Å²) >= 11 is 1.07. The zero-order valence-electron chi connectivity index (χ0n) is 9.58. The van der Waals surface area contributed by atoms with Gasteiger partial charge in [-0.25, -0.2) is 13.2 Å². The first kappa shape index (κ1) is 15.4. The van der Waals surface area contributed by atoms with Crippen molar-refractivity contribution in [2.75, 3.05) is 18.1 Å². The van der Waals surface area contributed by atoms with Crippen LogP contribution in [0.3, 0.4) is 0 Å². The van der Waals surface area contributed by atoms with Gasteiger partial charge in [0.05, 0.1) is 11.3 Å². The van der Waals surface area contributed by atoms with Crippen molar-refractivity contribution in [3.63, 3.8) is 0 Å². The number of hydrogen-bond acceptors (Lipinski definition) is 3. The van der Waals surface area contributed by atoms with Crippen LogP contribution in [0.4, 0.5) is 13.2 Å². The number of nitrogens with one attached hydrogen (secondary N) is 1. The standard InChI is InChI=1S/C11H10F3NO3S/c12-7-2-1-6(9(13)10(7)14)11(18)15-3-4-19-5-8(16)17/h1-2H,3-5H2,(H,15,18)(H,16,17). The number of hydrogen-bond donors (Lipinski definition) is 2. The normalized spacial score (nSPS) is 10.3. The number of carboxylic acid groups (broad SMARTS) is 1. The summed E-state index contributed by atoms with van der Waals surface area (Å²) in [6.45, 7) is 0.0925. The highest BCUT2D eigenvalue weighted by Crippen LogP contribution is 2.14. The van der Waals surface area contributed by atoms with E-state index in [0.717, 1.165) is 17.8 Å². The molecule has 0 fully saturated rings. The van der Waals surface area contributed by atoms with Gasteiger partial charge in [0, 0.05) is 12.3 Å².